The second-order valence-corrected chi connectivity index (χ2v) is 7.94. The second kappa shape index (κ2) is 8.07. The van der Waals surface area contributed by atoms with Gasteiger partial charge >= 0.3 is 0 Å². The van der Waals surface area contributed by atoms with Gasteiger partial charge in [-0.1, -0.05) is 31.0 Å². The number of ether oxygens (including phenoxy) is 1. The topological polar surface area (TPSA) is 70.7 Å². The average Bonchev–Trinajstić information content (AvgIpc) is 3.23. The van der Waals surface area contributed by atoms with Crippen molar-refractivity contribution >= 4 is 23.2 Å². The number of anilines is 2. The first-order valence-electron chi connectivity index (χ1n) is 10.3. The molecule has 1 atom stereocenters. The zero-order chi connectivity index (χ0) is 21.3. The first kappa shape index (κ1) is 20.3. The van der Waals surface area contributed by atoms with Gasteiger partial charge in [-0.2, -0.15) is 0 Å². The van der Waals surface area contributed by atoms with E-state index in [0.29, 0.717) is 24.1 Å². The number of halogens is 1. The first-order chi connectivity index (χ1) is 14.5. The molecule has 2 aromatic carbocycles. The number of para-hydroxylation sites is 2. The fraction of sp³-hybridized carbons (Fsp3) is 0.391. The first-order valence-corrected chi connectivity index (χ1v) is 10.3. The van der Waals surface area contributed by atoms with Crippen molar-refractivity contribution in [3.05, 3.63) is 53.8 Å². The molecule has 1 unspecified atom stereocenters. The number of benzene rings is 2. The molecule has 1 aliphatic heterocycles. The van der Waals surface area contributed by atoms with Gasteiger partial charge in [0.1, 0.15) is 5.54 Å². The highest BCUT2D eigenvalue weighted by Crippen LogP contribution is 2.45. The molecule has 1 spiro atoms. The summed E-state index contributed by atoms with van der Waals surface area (Å²) >= 11 is 0. The van der Waals surface area contributed by atoms with Crippen LogP contribution in [0.15, 0.2) is 42.5 Å². The number of carbonyl (C=O) groups excluding carboxylic acids is 2. The lowest BCUT2D eigenvalue weighted by Crippen LogP contribution is -2.62. The number of hydrogen-bond acceptors (Lipinski definition) is 4. The Bertz CT molecular complexity index is 972. The molecule has 2 amide bonds. The number of carbonyl (C=O) groups is 2. The van der Waals surface area contributed by atoms with Crippen LogP contribution in [0.4, 0.5) is 15.8 Å². The number of nitrogens with one attached hydrogen (secondary N) is 2. The molecule has 0 radical (unpaired) electrons. The van der Waals surface area contributed by atoms with E-state index in [2.05, 4.69) is 10.6 Å². The van der Waals surface area contributed by atoms with Crippen LogP contribution in [0.1, 0.15) is 44.2 Å². The summed E-state index contributed by atoms with van der Waals surface area (Å²) in [6.45, 7) is 1.91. The normalized spacial score (nSPS) is 18.1. The van der Waals surface area contributed by atoms with Crippen LogP contribution in [-0.2, 0) is 9.59 Å². The fourth-order valence-electron chi connectivity index (χ4n) is 4.52. The minimum Gasteiger partial charge on any atom is -0.494 e. The standard InChI is InChI=1S/C23H26FN3O3/c1-15(16-9-10-20(30-2)17(24)13-16)25-14-21(28)27-19-8-4-3-7-18(19)26-22(29)23(27)11-5-6-12-23/h3-4,7-10,13,15,25H,5-6,11-12,14H2,1-2H3,(H,26,29). The van der Waals surface area contributed by atoms with Crippen LogP contribution in [0.2, 0.25) is 0 Å². The predicted molar refractivity (Wildman–Crippen MR) is 113 cm³/mol. The van der Waals surface area contributed by atoms with Crippen molar-refractivity contribution in [2.75, 3.05) is 23.9 Å². The van der Waals surface area contributed by atoms with Crippen molar-refractivity contribution in [1.82, 2.24) is 5.32 Å². The van der Waals surface area contributed by atoms with E-state index in [1.165, 1.54) is 13.2 Å². The highest BCUT2D eigenvalue weighted by atomic mass is 19.1. The molecule has 158 valence electrons. The molecule has 2 aromatic rings. The van der Waals surface area contributed by atoms with Crippen molar-refractivity contribution in [3.63, 3.8) is 0 Å². The van der Waals surface area contributed by atoms with Crippen molar-refractivity contribution in [1.29, 1.82) is 0 Å². The summed E-state index contributed by atoms with van der Waals surface area (Å²) in [7, 11) is 1.42. The third kappa shape index (κ3) is 3.43. The van der Waals surface area contributed by atoms with Gasteiger partial charge in [0.25, 0.3) is 5.91 Å². The lowest BCUT2D eigenvalue weighted by molar-refractivity contribution is -0.127. The molecule has 4 rings (SSSR count). The minimum atomic E-state index is -0.831. The molecule has 7 heteroatoms. The predicted octanol–water partition coefficient (Wildman–Crippen LogP) is 3.78. The van der Waals surface area contributed by atoms with Gasteiger partial charge in [0.2, 0.25) is 5.91 Å². The van der Waals surface area contributed by atoms with Gasteiger partial charge in [0, 0.05) is 6.04 Å². The molecule has 0 aromatic heterocycles. The van der Waals surface area contributed by atoms with E-state index in [1.807, 2.05) is 31.2 Å². The summed E-state index contributed by atoms with van der Waals surface area (Å²) in [6, 6.07) is 11.9. The summed E-state index contributed by atoms with van der Waals surface area (Å²) in [4.78, 5) is 28.0. The summed E-state index contributed by atoms with van der Waals surface area (Å²) in [5.74, 6) is -0.542. The Morgan fingerprint density at radius 1 is 1.27 bits per heavy atom. The number of methoxy groups -OCH3 is 1. The third-order valence-electron chi connectivity index (χ3n) is 6.16. The van der Waals surface area contributed by atoms with E-state index in [0.717, 1.165) is 18.5 Å². The monoisotopic (exact) mass is 411 g/mol. The van der Waals surface area contributed by atoms with E-state index in [4.69, 9.17) is 4.74 Å². The lowest BCUT2D eigenvalue weighted by Gasteiger charge is -2.44. The van der Waals surface area contributed by atoms with Gasteiger partial charge in [-0.15, -0.1) is 0 Å². The van der Waals surface area contributed by atoms with Crippen molar-refractivity contribution in [2.24, 2.45) is 0 Å². The molecule has 1 saturated carbocycles. The molecule has 6 nitrogen and oxygen atoms in total. The molecule has 0 saturated heterocycles. The van der Waals surface area contributed by atoms with Crippen molar-refractivity contribution in [3.8, 4) is 5.75 Å². The van der Waals surface area contributed by atoms with Crippen molar-refractivity contribution < 1.29 is 18.7 Å². The van der Waals surface area contributed by atoms with Crippen LogP contribution in [0.3, 0.4) is 0 Å². The van der Waals surface area contributed by atoms with E-state index >= 15 is 0 Å². The number of nitrogens with zero attached hydrogens (tertiary/aromatic N) is 1. The Labute approximate surface area is 175 Å². The summed E-state index contributed by atoms with van der Waals surface area (Å²) in [6.07, 6.45) is 3.12. The van der Waals surface area contributed by atoms with Crippen LogP contribution in [-0.4, -0.2) is 31.0 Å². The highest BCUT2D eigenvalue weighted by molar-refractivity contribution is 6.15. The van der Waals surface area contributed by atoms with Crippen LogP contribution < -0.4 is 20.3 Å². The molecule has 0 bridgehead atoms. The lowest BCUT2D eigenvalue weighted by atomic mass is 9.89. The second-order valence-electron chi connectivity index (χ2n) is 7.94. The third-order valence-corrected chi connectivity index (χ3v) is 6.16. The maximum atomic E-state index is 14.0. The molecule has 2 N–H and O–H groups in total. The summed E-state index contributed by atoms with van der Waals surface area (Å²) in [5.41, 5.74) is 1.27. The average molecular weight is 411 g/mol. The zero-order valence-electron chi connectivity index (χ0n) is 17.2. The van der Waals surface area contributed by atoms with Crippen LogP contribution >= 0.6 is 0 Å². The Hall–Kier alpha value is -2.93. The highest BCUT2D eigenvalue weighted by Gasteiger charge is 2.51. The van der Waals surface area contributed by atoms with Gasteiger partial charge in [0.05, 0.1) is 25.0 Å². The SMILES string of the molecule is COc1ccc(C(C)NCC(=O)N2c3ccccc3NC(=O)C23CCCC3)cc1F. The molecule has 30 heavy (non-hydrogen) atoms. The van der Waals surface area contributed by atoms with E-state index in [9.17, 15) is 14.0 Å². The smallest absolute Gasteiger partial charge is 0.250 e. The van der Waals surface area contributed by atoms with Crippen LogP contribution in [0.5, 0.6) is 5.75 Å². The molecular weight excluding hydrogens is 385 g/mol. The van der Waals surface area contributed by atoms with E-state index in [1.54, 1.807) is 17.0 Å². The zero-order valence-corrected chi connectivity index (χ0v) is 17.2. The molecule has 1 heterocycles. The number of rotatable bonds is 5. The molecule has 2 aliphatic rings. The quantitative estimate of drug-likeness (QED) is 0.786. The largest absolute Gasteiger partial charge is 0.494 e. The van der Waals surface area contributed by atoms with Gasteiger partial charge < -0.3 is 15.4 Å². The maximum absolute atomic E-state index is 14.0. The Morgan fingerprint density at radius 3 is 2.70 bits per heavy atom. The molecular formula is C23H26FN3O3. The number of amides is 2. The van der Waals surface area contributed by atoms with Crippen LogP contribution in [0.25, 0.3) is 0 Å². The van der Waals surface area contributed by atoms with E-state index in [-0.39, 0.29) is 30.2 Å². The maximum Gasteiger partial charge on any atom is 0.250 e. The Kier molecular flexibility index (Phi) is 5.47. The summed E-state index contributed by atoms with van der Waals surface area (Å²) in [5, 5.41) is 6.16. The van der Waals surface area contributed by atoms with Gasteiger partial charge in [-0.3, -0.25) is 14.5 Å². The number of hydrogen-bond donors (Lipinski definition) is 2. The van der Waals surface area contributed by atoms with Crippen LogP contribution in [0, 0.1) is 5.82 Å². The van der Waals surface area contributed by atoms with E-state index < -0.39 is 11.4 Å². The Morgan fingerprint density at radius 2 is 2.00 bits per heavy atom. The fourth-order valence-corrected chi connectivity index (χ4v) is 4.52. The van der Waals surface area contributed by atoms with Gasteiger partial charge in [0.15, 0.2) is 11.6 Å². The van der Waals surface area contributed by atoms with Gasteiger partial charge in [-0.05, 0) is 49.6 Å². The number of fused-ring (bicyclic) bond motifs is 1. The Balaban J connectivity index is 1.55. The van der Waals surface area contributed by atoms with Gasteiger partial charge in [-0.25, -0.2) is 4.39 Å². The minimum absolute atomic E-state index is 0.0399. The molecule has 1 fully saturated rings. The molecule has 1 aliphatic carbocycles. The van der Waals surface area contributed by atoms with Crippen molar-refractivity contribution in [2.45, 2.75) is 44.2 Å². The summed E-state index contributed by atoms with van der Waals surface area (Å²) < 4.78 is 19.0.